The standard InChI is InChI=1S/C15H21NO2S/c17-14-10-6-2-5-9-13(14)16-15(18)11-19-12-7-3-1-4-8-12/h1,3-4,7-8,13-14,17H,2,5-6,9-11H2,(H,16,18). The van der Waals surface area contributed by atoms with Crippen LogP contribution in [0.1, 0.15) is 32.1 Å². The lowest BCUT2D eigenvalue weighted by Crippen LogP contribution is -2.43. The van der Waals surface area contributed by atoms with Gasteiger partial charge in [0, 0.05) is 4.90 Å². The van der Waals surface area contributed by atoms with E-state index >= 15 is 0 Å². The number of rotatable bonds is 4. The molecule has 4 heteroatoms. The second kappa shape index (κ2) is 7.56. The lowest BCUT2D eigenvalue weighted by atomic mass is 10.1. The third-order valence-electron chi connectivity index (χ3n) is 3.44. The molecule has 2 unspecified atom stereocenters. The summed E-state index contributed by atoms with van der Waals surface area (Å²) in [5.74, 6) is 0.424. The molecule has 0 bridgehead atoms. The van der Waals surface area contributed by atoms with Gasteiger partial charge in [-0.2, -0.15) is 0 Å². The van der Waals surface area contributed by atoms with Gasteiger partial charge >= 0.3 is 0 Å². The fourth-order valence-electron chi connectivity index (χ4n) is 2.37. The Kier molecular flexibility index (Phi) is 5.73. The van der Waals surface area contributed by atoms with E-state index in [2.05, 4.69) is 5.32 Å². The molecule has 1 aromatic rings. The number of thioether (sulfide) groups is 1. The molecule has 0 radical (unpaired) electrons. The van der Waals surface area contributed by atoms with Gasteiger partial charge in [0.25, 0.3) is 0 Å². The van der Waals surface area contributed by atoms with Gasteiger partial charge in [0.2, 0.25) is 5.91 Å². The van der Waals surface area contributed by atoms with Gasteiger partial charge in [0.05, 0.1) is 17.9 Å². The van der Waals surface area contributed by atoms with Crippen LogP contribution < -0.4 is 5.32 Å². The minimum absolute atomic E-state index is 0.0137. The average Bonchev–Trinajstić information content (AvgIpc) is 2.63. The topological polar surface area (TPSA) is 49.3 Å². The van der Waals surface area contributed by atoms with E-state index in [-0.39, 0.29) is 18.1 Å². The van der Waals surface area contributed by atoms with Crippen molar-refractivity contribution in [3.05, 3.63) is 30.3 Å². The molecule has 1 aromatic carbocycles. The largest absolute Gasteiger partial charge is 0.391 e. The number of hydrogen-bond acceptors (Lipinski definition) is 3. The summed E-state index contributed by atoms with van der Waals surface area (Å²) in [7, 11) is 0. The maximum absolute atomic E-state index is 11.9. The minimum atomic E-state index is -0.381. The zero-order valence-corrected chi connectivity index (χ0v) is 11.9. The summed E-state index contributed by atoms with van der Waals surface area (Å²) in [6, 6.07) is 9.83. The van der Waals surface area contributed by atoms with Gasteiger partial charge in [-0.05, 0) is 25.0 Å². The van der Waals surface area contributed by atoms with Crippen molar-refractivity contribution in [3.63, 3.8) is 0 Å². The third-order valence-corrected chi connectivity index (χ3v) is 4.45. The number of amides is 1. The molecule has 2 atom stereocenters. The number of aliphatic hydroxyl groups excluding tert-OH is 1. The van der Waals surface area contributed by atoms with Crippen molar-refractivity contribution in [2.45, 2.75) is 49.1 Å². The van der Waals surface area contributed by atoms with Crippen LogP contribution in [0.3, 0.4) is 0 Å². The second-order valence-electron chi connectivity index (χ2n) is 4.98. The minimum Gasteiger partial charge on any atom is -0.391 e. The highest BCUT2D eigenvalue weighted by Gasteiger charge is 2.22. The molecule has 19 heavy (non-hydrogen) atoms. The van der Waals surface area contributed by atoms with Crippen molar-refractivity contribution in [2.75, 3.05) is 5.75 Å². The van der Waals surface area contributed by atoms with Crippen molar-refractivity contribution in [2.24, 2.45) is 0 Å². The molecule has 2 rings (SSSR count). The van der Waals surface area contributed by atoms with Crippen molar-refractivity contribution >= 4 is 17.7 Å². The highest BCUT2D eigenvalue weighted by molar-refractivity contribution is 8.00. The molecule has 1 amide bonds. The Hall–Kier alpha value is -1.00. The van der Waals surface area contributed by atoms with E-state index in [0.717, 1.165) is 37.0 Å². The first-order chi connectivity index (χ1) is 9.25. The molecule has 1 aliphatic rings. The van der Waals surface area contributed by atoms with Crippen LogP contribution in [-0.4, -0.2) is 28.9 Å². The molecule has 1 saturated carbocycles. The van der Waals surface area contributed by atoms with Gasteiger partial charge in [0.1, 0.15) is 0 Å². The van der Waals surface area contributed by atoms with Crippen LogP contribution in [-0.2, 0) is 4.79 Å². The number of hydrogen-bond donors (Lipinski definition) is 2. The first-order valence-electron chi connectivity index (χ1n) is 6.91. The summed E-state index contributed by atoms with van der Waals surface area (Å²) >= 11 is 1.53. The Morgan fingerprint density at radius 2 is 1.95 bits per heavy atom. The molecule has 2 N–H and O–H groups in total. The second-order valence-corrected chi connectivity index (χ2v) is 6.03. The van der Waals surface area contributed by atoms with Crippen LogP contribution in [0.2, 0.25) is 0 Å². The predicted octanol–water partition coefficient (Wildman–Crippen LogP) is 2.59. The molecule has 0 heterocycles. The maximum atomic E-state index is 11.9. The van der Waals surface area contributed by atoms with E-state index in [0.29, 0.717) is 5.75 Å². The predicted molar refractivity (Wildman–Crippen MR) is 78.2 cm³/mol. The van der Waals surface area contributed by atoms with E-state index in [1.165, 1.54) is 11.8 Å². The van der Waals surface area contributed by atoms with Crippen molar-refractivity contribution in [1.29, 1.82) is 0 Å². The monoisotopic (exact) mass is 279 g/mol. The SMILES string of the molecule is O=C(CSc1ccccc1)NC1CCCCCC1O. The quantitative estimate of drug-likeness (QED) is 0.658. The molecule has 3 nitrogen and oxygen atoms in total. The summed E-state index contributed by atoms with van der Waals surface area (Å²) in [5.41, 5.74) is 0. The molecule has 104 valence electrons. The summed E-state index contributed by atoms with van der Waals surface area (Å²) in [5, 5.41) is 12.9. The van der Waals surface area contributed by atoms with Gasteiger partial charge in [-0.3, -0.25) is 4.79 Å². The van der Waals surface area contributed by atoms with E-state index in [4.69, 9.17) is 0 Å². The molecule has 1 fully saturated rings. The number of aliphatic hydroxyl groups is 1. The highest BCUT2D eigenvalue weighted by Crippen LogP contribution is 2.19. The lowest BCUT2D eigenvalue weighted by Gasteiger charge is -2.21. The molecule has 0 aromatic heterocycles. The van der Waals surface area contributed by atoms with Crippen LogP contribution in [0, 0.1) is 0 Å². The van der Waals surface area contributed by atoms with Gasteiger partial charge in [-0.1, -0.05) is 37.5 Å². The van der Waals surface area contributed by atoms with Crippen molar-refractivity contribution in [3.8, 4) is 0 Å². The number of carbonyl (C=O) groups excluding carboxylic acids is 1. The normalized spacial score (nSPS) is 23.6. The van der Waals surface area contributed by atoms with E-state index < -0.39 is 0 Å². The van der Waals surface area contributed by atoms with E-state index in [1.807, 2.05) is 30.3 Å². The number of benzene rings is 1. The van der Waals surface area contributed by atoms with Crippen LogP contribution in [0.4, 0.5) is 0 Å². The fraction of sp³-hybridized carbons (Fsp3) is 0.533. The maximum Gasteiger partial charge on any atom is 0.230 e. The zero-order valence-electron chi connectivity index (χ0n) is 11.0. The average molecular weight is 279 g/mol. The van der Waals surface area contributed by atoms with Crippen molar-refractivity contribution in [1.82, 2.24) is 5.32 Å². The van der Waals surface area contributed by atoms with Gasteiger partial charge in [-0.15, -0.1) is 11.8 Å². The zero-order chi connectivity index (χ0) is 13.5. The van der Waals surface area contributed by atoms with Crippen LogP contribution in [0.15, 0.2) is 35.2 Å². The molecular weight excluding hydrogens is 258 g/mol. The van der Waals surface area contributed by atoms with E-state index in [1.54, 1.807) is 0 Å². The van der Waals surface area contributed by atoms with Gasteiger partial charge in [-0.25, -0.2) is 0 Å². The van der Waals surface area contributed by atoms with Gasteiger partial charge < -0.3 is 10.4 Å². The lowest BCUT2D eigenvalue weighted by molar-refractivity contribution is -0.120. The van der Waals surface area contributed by atoms with E-state index in [9.17, 15) is 9.90 Å². The Labute approximate surface area is 118 Å². The number of carbonyl (C=O) groups is 1. The van der Waals surface area contributed by atoms with Crippen molar-refractivity contribution < 1.29 is 9.90 Å². The van der Waals surface area contributed by atoms with Gasteiger partial charge in [0.15, 0.2) is 0 Å². The highest BCUT2D eigenvalue weighted by atomic mass is 32.2. The first kappa shape index (κ1) is 14.4. The first-order valence-corrected chi connectivity index (χ1v) is 7.89. The van der Waals surface area contributed by atoms with Crippen LogP contribution in [0.5, 0.6) is 0 Å². The Morgan fingerprint density at radius 3 is 2.74 bits per heavy atom. The number of nitrogens with one attached hydrogen (secondary N) is 1. The molecular formula is C15H21NO2S. The summed E-state index contributed by atoms with van der Waals surface area (Å²) in [6.07, 6.45) is 4.62. The Balaban J connectivity index is 1.77. The fourth-order valence-corrected chi connectivity index (χ4v) is 3.10. The Morgan fingerprint density at radius 1 is 1.21 bits per heavy atom. The summed E-state index contributed by atoms with van der Waals surface area (Å²) in [6.45, 7) is 0. The summed E-state index contributed by atoms with van der Waals surface area (Å²) < 4.78 is 0. The molecule has 0 spiro atoms. The Bertz CT molecular complexity index is 396. The molecule has 0 saturated heterocycles. The smallest absolute Gasteiger partial charge is 0.230 e. The third kappa shape index (κ3) is 4.88. The van der Waals surface area contributed by atoms with Crippen LogP contribution >= 0.6 is 11.8 Å². The molecule has 1 aliphatic carbocycles. The molecule has 0 aliphatic heterocycles. The van der Waals surface area contributed by atoms with Crippen LogP contribution in [0.25, 0.3) is 0 Å². The summed E-state index contributed by atoms with van der Waals surface area (Å²) in [4.78, 5) is 13.0.